The van der Waals surface area contributed by atoms with Crippen LogP contribution in [0.4, 0.5) is 0 Å². The maximum atomic E-state index is 12.2. The fraction of sp³-hybridized carbons (Fsp3) is 0.533. The third-order valence-corrected chi connectivity index (χ3v) is 4.80. The van der Waals surface area contributed by atoms with Gasteiger partial charge in [0, 0.05) is 0 Å². The molecule has 0 amide bonds. The Hall–Kier alpha value is -1.40. The van der Waals surface area contributed by atoms with E-state index in [-0.39, 0.29) is 4.90 Å². The Kier molecular flexibility index (Phi) is 5.53. The third kappa shape index (κ3) is 5.13. The van der Waals surface area contributed by atoms with Gasteiger partial charge in [-0.1, -0.05) is 24.6 Å². The largest absolute Gasteiger partial charge is 0.458 e. The Labute approximate surface area is 126 Å². The molecule has 21 heavy (non-hydrogen) atoms. The maximum Gasteiger partial charge on any atom is 0.324 e. The molecule has 118 valence electrons. The van der Waals surface area contributed by atoms with Gasteiger partial charge in [0.15, 0.2) is 0 Å². The van der Waals surface area contributed by atoms with Crippen LogP contribution < -0.4 is 4.72 Å². The molecule has 1 rings (SSSR count). The highest BCUT2D eigenvalue weighted by Gasteiger charge is 2.27. The molecule has 0 saturated carbocycles. The molecular weight excluding hydrogens is 290 g/mol. The first-order valence-corrected chi connectivity index (χ1v) is 8.37. The van der Waals surface area contributed by atoms with E-state index in [1.54, 1.807) is 26.0 Å². The van der Waals surface area contributed by atoms with Crippen molar-refractivity contribution in [2.75, 3.05) is 0 Å². The lowest BCUT2D eigenvalue weighted by molar-refractivity contribution is -0.158. The van der Waals surface area contributed by atoms with Crippen LogP contribution in [0.1, 0.15) is 39.7 Å². The molecule has 0 aliphatic carbocycles. The summed E-state index contributed by atoms with van der Waals surface area (Å²) >= 11 is 0. The lowest BCUT2D eigenvalue weighted by atomic mass is 10.1. The minimum absolute atomic E-state index is 0.127. The molecular formula is C15H23NO4S. The lowest BCUT2D eigenvalue weighted by Gasteiger charge is -2.25. The van der Waals surface area contributed by atoms with E-state index in [1.165, 1.54) is 19.1 Å². The highest BCUT2D eigenvalue weighted by molar-refractivity contribution is 7.89. The van der Waals surface area contributed by atoms with Crippen molar-refractivity contribution < 1.29 is 17.9 Å². The molecule has 0 aliphatic heterocycles. The van der Waals surface area contributed by atoms with Crippen LogP contribution in [0.15, 0.2) is 29.2 Å². The van der Waals surface area contributed by atoms with E-state index in [9.17, 15) is 13.2 Å². The highest BCUT2D eigenvalue weighted by Crippen LogP contribution is 2.15. The molecule has 0 aromatic heterocycles. The Morgan fingerprint density at radius 2 is 1.81 bits per heavy atom. The number of sulfonamides is 1. The van der Waals surface area contributed by atoms with Crippen molar-refractivity contribution in [2.24, 2.45) is 0 Å². The summed E-state index contributed by atoms with van der Waals surface area (Å²) in [6, 6.07) is 5.48. The first kappa shape index (κ1) is 17.7. The smallest absolute Gasteiger partial charge is 0.324 e. The third-order valence-electron chi connectivity index (χ3n) is 3.25. The van der Waals surface area contributed by atoms with E-state index in [0.717, 1.165) is 5.56 Å². The average Bonchev–Trinajstić information content (AvgIpc) is 2.38. The number of ether oxygens (including phenoxy) is 1. The molecule has 6 heteroatoms. The van der Waals surface area contributed by atoms with E-state index < -0.39 is 27.6 Å². The molecule has 0 spiro atoms. The van der Waals surface area contributed by atoms with Crippen LogP contribution >= 0.6 is 0 Å². The summed E-state index contributed by atoms with van der Waals surface area (Å²) in [6.07, 6.45) is 0.649. The van der Waals surface area contributed by atoms with Crippen molar-refractivity contribution in [3.63, 3.8) is 0 Å². The van der Waals surface area contributed by atoms with Gasteiger partial charge in [-0.15, -0.1) is 0 Å². The zero-order valence-electron chi connectivity index (χ0n) is 13.1. The Morgan fingerprint density at radius 1 is 1.29 bits per heavy atom. The molecule has 0 saturated heterocycles. The Morgan fingerprint density at radius 3 is 2.29 bits per heavy atom. The number of hydrogen-bond acceptors (Lipinski definition) is 4. The molecule has 0 aliphatic rings. The predicted octanol–water partition coefficient (Wildman–Crippen LogP) is 2.39. The standard InChI is InChI=1S/C15H23NO4S/c1-6-15(4,5)20-14(17)12(3)16-21(18,19)13-9-7-11(2)8-10-13/h7-10,12,16H,6H2,1-5H3. The maximum absolute atomic E-state index is 12.2. The molecule has 1 unspecified atom stereocenters. The number of carbonyl (C=O) groups excluding carboxylic acids is 1. The number of hydrogen-bond donors (Lipinski definition) is 1. The van der Waals surface area contributed by atoms with Gasteiger partial charge in [-0.3, -0.25) is 4.79 Å². The number of esters is 1. The molecule has 0 bridgehead atoms. The van der Waals surface area contributed by atoms with Gasteiger partial charge in [-0.2, -0.15) is 4.72 Å². The van der Waals surface area contributed by atoms with Crippen molar-refractivity contribution >= 4 is 16.0 Å². The average molecular weight is 313 g/mol. The first-order valence-electron chi connectivity index (χ1n) is 6.89. The van der Waals surface area contributed by atoms with Crippen molar-refractivity contribution in [3.05, 3.63) is 29.8 Å². The van der Waals surface area contributed by atoms with Crippen molar-refractivity contribution in [2.45, 2.75) is 57.6 Å². The summed E-state index contributed by atoms with van der Waals surface area (Å²) in [4.78, 5) is 12.1. The zero-order chi connectivity index (χ0) is 16.3. The van der Waals surface area contributed by atoms with Crippen LogP contribution in [-0.2, 0) is 19.6 Å². The van der Waals surface area contributed by atoms with Crippen LogP contribution in [0.25, 0.3) is 0 Å². The second-order valence-electron chi connectivity index (χ2n) is 5.69. The van der Waals surface area contributed by atoms with Crippen LogP contribution in [0.3, 0.4) is 0 Å². The molecule has 1 aromatic carbocycles. The van der Waals surface area contributed by atoms with E-state index in [4.69, 9.17) is 4.74 Å². The summed E-state index contributed by atoms with van der Waals surface area (Å²) in [6.45, 7) is 8.81. The number of carbonyl (C=O) groups is 1. The van der Waals surface area contributed by atoms with Crippen molar-refractivity contribution in [1.29, 1.82) is 0 Å². The molecule has 1 atom stereocenters. The van der Waals surface area contributed by atoms with Gasteiger partial charge in [0.25, 0.3) is 0 Å². The summed E-state index contributed by atoms with van der Waals surface area (Å²) in [5.74, 6) is -0.586. The summed E-state index contributed by atoms with van der Waals surface area (Å²) in [7, 11) is -3.73. The molecule has 1 N–H and O–H groups in total. The van der Waals surface area contributed by atoms with E-state index in [0.29, 0.717) is 6.42 Å². The molecule has 1 aromatic rings. The highest BCUT2D eigenvalue weighted by atomic mass is 32.2. The lowest BCUT2D eigenvalue weighted by Crippen LogP contribution is -2.42. The van der Waals surface area contributed by atoms with Crippen LogP contribution in [0, 0.1) is 6.92 Å². The molecule has 5 nitrogen and oxygen atoms in total. The van der Waals surface area contributed by atoms with E-state index in [2.05, 4.69) is 4.72 Å². The van der Waals surface area contributed by atoms with Gasteiger partial charge >= 0.3 is 5.97 Å². The van der Waals surface area contributed by atoms with Gasteiger partial charge in [-0.25, -0.2) is 8.42 Å². The second kappa shape index (κ2) is 6.58. The summed E-state index contributed by atoms with van der Waals surface area (Å²) in [5.41, 5.74) is 0.354. The quantitative estimate of drug-likeness (QED) is 0.819. The number of aryl methyl sites for hydroxylation is 1. The fourth-order valence-corrected chi connectivity index (χ4v) is 2.69. The van der Waals surface area contributed by atoms with E-state index in [1.807, 2.05) is 13.8 Å². The number of nitrogens with one attached hydrogen (secondary N) is 1. The number of rotatable bonds is 6. The Balaban J connectivity index is 2.79. The second-order valence-corrected chi connectivity index (χ2v) is 7.40. The SMILES string of the molecule is CCC(C)(C)OC(=O)C(C)NS(=O)(=O)c1ccc(C)cc1. The summed E-state index contributed by atoms with van der Waals surface area (Å²) in [5, 5.41) is 0. The molecule has 0 fully saturated rings. The van der Waals surface area contributed by atoms with Gasteiger partial charge in [-0.05, 0) is 46.2 Å². The molecule has 0 radical (unpaired) electrons. The van der Waals surface area contributed by atoms with Gasteiger partial charge in [0.05, 0.1) is 4.90 Å². The minimum atomic E-state index is -3.73. The van der Waals surface area contributed by atoms with Crippen molar-refractivity contribution in [1.82, 2.24) is 4.72 Å². The normalized spacial score (nSPS) is 13.8. The topological polar surface area (TPSA) is 72.5 Å². The van der Waals surface area contributed by atoms with E-state index >= 15 is 0 Å². The van der Waals surface area contributed by atoms with Crippen LogP contribution in [0.5, 0.6) is 0 Å². The van der Waals surface area contributed by atoms with Gasteiger partial charge in [0.2, 0.25) is 10.0 Å². The monoisotopic (exact) mass is 313 g/mol. The summed E-state index contributed by atoms with van der Waals surface area (Å²) < 4.78 is 32.0. The van der Waals surface area contributed by atoms with Gasteiger partial charge in [0.1, 0.15) is 11.6 Å². The predicted molar refractivity (Wildman–Crippen MR) is 81.4 cm³/mol. The van der Waals surface area contributed by atoms with Crippen LogP contribution in [0.2, 0.25) is 0 Å². The first-order chi connectivity index (χ1) is 9.57. The minimum Gasteiger partial charge on any atom is -0.458 e. The Bertz CT molecular complexity index is 591. The number of benzene rings is 1. The zero-order valence-corrected chi connectivity index (χ0v) is 14.0. The van der Waals surface area contributed by atoms with Crippen molar-refractivity contribution in [3.8, 4) is 0 Å². The van der Waals surface area contributed by atoms with Gasteiger partial charge < -0.3 is 4.74 Å². The molecule has 0 heterocycles. The van der Waals surface area contributed by atoms with Crippen LogP contribution in [-0.4, -0.2) is 26.0 Å². The fourth-order valence-electron chi connectivity index (χ4n) is 1.50.